The van der Waals surface area contributed by atoms with Crippen LogP contribution in [0, 0.1) is 29.6 Å². The third-order valence-electron chi connectivity index (χ3n) is 4.80. The summed E-state index contributed by atoms with van der Waals surface area (Å²) in [6, 6.07) is 0.596. The van der Waals surface area contributed by atoms with Crippen LogP contribution in [0.1, 0.15) is 19.3 Å². The largest absolute Gasteiger partial charge is 0.313 e. The summed E-state index contributed by atoms with van der Waals surface area (Å²) < 4.78 is 0. The van der Waals surface area contributed by atoms with E-state index in [0.29, 0.717) is 6.04 Å². The van der Waals surface area contributed by atoms with Gasteiger partial charge in [-0.1, -0.05) is 6.08 Å². The Kier molecular flexibility index (Phi) is 1.61. The zero-order valence-electron chi connectivity index (χ0n) is 8.37. The number of nitrogens with one attached hydrogen (secondary N) is 1. The van der Waals surface area contributed by atoms with Crippen molar-refractivity contribution in [2.45, 2.75) is 25.3 Å². The van der Waals surface area contributed by atoms with Gasteiger partial charge < -0.3 is 5.32 Å². The van der Waals surface area contributed by atoms with Crippen molar-refractivity contribution < 1.29 is 0 Å². The molecule has 0 amide bonds. The van der Waals surface area contributed by atoms with Crippen LogP contribution in [0.2, 0.25) is 0 Å². The molecule has 0 aromatic heterocycles. The van der Waals surface area contributed by atoms with Gasteiger partial charge in [0.2, 0.25) is 0 Å². The van der Waals surface area contributed by atoms with Crippen LogP contribution >= 0.6 is 0 Å². The minimum absolute atomic E-state index is 0.596. The molecule has 72 valence electrons. The minimum atomic E-state index is 0.596. The molecule has 3 saturated carbocycles. The van der Waals surface area contributed by atoms with Gasteiger partial charge in [0.25, 0.3) is 0 Å². The number of hydrogen-bond acceptors (Lipinski definition) is 1. The van der Waals surface area contributed by atoms with Gasteiger partial charge in [0.15, 0.2) is 0 Å². The van der Waals surface area contributed by atoms with Crippen molar-refractivity contribution in [1.82, 2.24) is 5.32 Å². The second-order valence-corrected chi connectivity index (χ2v) is 5.12. The minimum Gasteiger partial charge on any atom is -0.313 e. The summed E-state index contributed by atoms with van der Waals surface area (Å²) in [4.78, 5) is 0. The Morgan fingerprint density at radius 1 is 1.31 bits per heavy atom. The Hall–Kier alpha value is -0.300. The number of rotatable bonds is 3. The van der Waals surface area contributed by atoms with Gasteiger partial charge in [0.1, 0.15) is 0 Å². The standard InChI is InChI=1S/C12H19N/c1-3-9(13-2)12-10-7-4-5-8(6-7)11(10)12/h3,7-13H,1,4-6H2,2H3. The molecular weight excluding hydrogens is 158 g/mol. The van der Waals surface area contributed by atoms with Crippen molar-refractivity contribution in [1.29, 1.82) is 0 Å². The van der Waals surface area contributed by atoms with E-state index in [2.05, 4.69) is 25.0 Å². The van der Waals surface area contributed by atoms with Gasteiger partial charge in [0.05, 0.1) is 0 Å². The summed E-state index contributed by atoms with van der Waals surface area (Å²) in [5.41, 5.74) is 0. The van der Waals surface area contributed by atoms with Gasteiger partial charge in [-0.15, -0.1) is 6.58 Å². The lowest BCUT2D eigenvalue weighted by atomic mass is 9.97. The summed E-state index contributed by atoms with van der Waals surface area (Å²) in [5.74, 6) is 5.30. The van der Waals surface area contributed by atoms with E-state index in [1.54, 1.807) is 6.42 Å². The first-order chi connectivity index (χ1) is 6.36. The molecule has 0 radical (unpaired) electrons. The molecule has 3 aliphatic rings. The molecule has 1 N–H and O–H groups in total. The Bertz CT molecular complexity index is 219. The number of fused-ring (bicyclic) bond motifs is 5. The Morgan fingerprint density at radius 2 is 1.92 bits per heavy atom. The number of likely N-dealkylation sites (N-methyl/N-ethyl adjacent to an activating group) is 1. The van der Waals surface area contributed by atoms with E-state index < -0.39 is 0 Å². The van der Waals surface area contributed by atoms with E-state index in [1.807, 2.05) is 0 Å². The fourth-order valence-electron chi connectivity index (χ4n) is 4.34. The van der Waals surface area contributed by atoms with Gasteiger partial charge in [-0.05, 0) is 55.9 Å². The second kappa shape index (κ2) is 2.60. The van der Waals surface area contributed by atoms with E-state index in [1.165, 1.54) is 12.8 Å². The highest BCUT2D eigenvalue weighted by atomic mass is 14.9. The smallest absolute Gasteiger partial charge is 0.0278 e. The highest BCUT2D eigenvalue weighted by molar-refractivity contribution is 5.18. The first kappa shape index (κ1) is 8.05. The normalized spacial score (nSPS) is 53.2. The summed E-state index contributed by atoms with van der Waals surface area (Å²) in [5, 5.41) is 3.39. The van der Waals surface area contributed by atoms with Crippen LogP contribution in [0.3, 0.4) is 0 Å². The Morgan fingerprint density at radius 3 is 2.38 bits per heavy atom. The van der Waals surface area contributed by atoms with E-state index in [9.17, 15) is 0 Å². The maximum atomic E-state index is 3.93. The van der Waals surface area contributed by atoms with Crippen LogP contribution in [-0.4, -0.2) is 13.1 Å². The average Bonchev–Trinajstić information content (AvgIpc) is 2.59. The third-order valence-corrected chi connectivity index (χ3v) is 4.80. The maximum Gasteiger partial charge on any atom is 0.0278 e. The summed E-state index contributed by atoms with van der Waals surface area (Å²) >= 11 is 0. The van der Waals surface area contributed by atoms with Crippen molar-refractivity contribution in [2.24, 2.45) is 29.6 Å². The molecule has 2 bridgehead atoms. The molecule has 0 aromatic rings. The molecule has 0 aromatic carbocycles. The average molecular weight is 177 g/mol. The summed E-state index contributed by atoms with van der Waals surface area (Å²) in [6.07, 6.45) is 6.72. The molecular formula is C12H19N. The molecule has 0 heterocycles. The van der Waals surface area contributed by atoms with Crippen molar-refractivity contribution in [3.05, 3.63) is 12.7 Å². The van der Waals surface area contributed by atoms with Gasteiger partial charge >= 0.3 is 0 Å². The van der Waals surface area contributed by atoms with Crippen LogP contribution in [0.5, 0.6) is 0 Å². The summed E-state index contributed by atoms with van der Waals surface area (Å²) in [7, 11) is 2.07. The molecule has 5 atom stereocenters. The quantitative estimate of drug-likeness (QED) is 0.651. The zero-order chi connectivity index (χ0) is 9.00. The highest BCUT2D eigenvalue weighted by Crippen LogP contribution is 2.70. The molecule has 3 fully saturated rings. The maximum absolute atomic E-state index is 3.93. The highest BCUT2D eigenvalue weighted by Gasteiger charge is 2.66. The monoisotopic (exact) mass is 177 g/mol. The molecule has 0 aliphatic heterocycles. The van der Waals surface area contributed by atoms with Crippen LogP contribution in [-0.2, 0) is 0 Å². The first-order valence-electron chi connectivity index (χ1n) is 5.66. The van der Waals surface area contributed by atoms with Crippen LogP contribution in [0.4, 0.5) is 0 Å². The van der Waals surface area contributed by atoms with Crippen molar-refractivity contribution >= 4 is 0 Å². The van der Waals surface area contributed by atoms with E-state index in [0.717, 1.165) is 29.6 Å². The molecule has 0 saturated heterocycles. The predicted molar refractivity (Wildman–Crippen MR) is 54.3 cm³/mol. The molecule has 0 spiro atoms. The zero-order valence-corrected chi connectivity index (χ0v) is 8.37. The van der Waals surface area contributed by atoms with Crippen LogP contribution < -0.4 is 5.32 Å². The van der Waals surface area contributed by atoms with E-state index >= 15 is 0 Å². The van der Waals surface area contributed by atoms with Crippen molar-refractivity contribution in [3.8, 4) is 0 Å². The van der Waals surface area contributed by atoms with Gasteiger partial charge in [-0.25, -0.2) is 0 Å². The topological polar surface area (TPSA) is 12.0 Å². The molecule has 3 rings (SSSR count). The van der Waals surface area contributed by atoms with Crippen molar-refractivity contribution in [3.63, 3.8) is 0 Å². The molecule has 13 heavy (non-hydrogen) atoms. The third kappa shape index (κ3) is 0.914. The van der Waals surface area contributed by atoms with Gasteiger partial charge in [0, 0.05) is 6.04 Å². The lowest BCUT2D eigenvalue weighted by Gasteiger charge is -2.15. The van der Waals surface area contributed by atoms with E-state index in [-0.39, 0.29) is 0 Å². The fraction of sp³-hybridized carbons (Fsp3) is 0.833. The predicted octanol–water partition coefficient (Wildman–Crippen LogP) is 2.05. The van der Waals surface area contributed by atoms with E-state index in [4.69, 9.17) is 0 Å². The first-order valence-corrected chi connectivity index (χ1v) is 5.66. The van der Waals surface area contributed by atoms with Crippen LogP contribution in [0.15, 0.2) is 12.7 Å². The van der Waals surface area contributed by atoms with Gasteiger partial charge in [-0.2, -0.15) is 0 Å². The lowest BCUT2D eigenvalue weighted by molar-refractivity contribution is 0.415. The van der Waals surface area contributed by atoms with Crippen LogP contribution in [0.25, 0.3) is 0 Å². The SMILES string of the molecule is C=CC(NC)C1C2C3CCC(C3)C21. The Balaban J connectivity index is 1.75. The molecule has 1 nitrogen and oxygen atoms in total. The fourth-order valence-corrected chi connectivity index (χ4v) is 4.34. The summed E-state index contributed by atoms with van der Waals surface area (Å²) in [6.45, 7) is 3.93. The lowest BCUT2D eigenvalue weighted by Crippen LogP contribution is -2.27. The molecule has 1 heteroatoms. The van der Waals surface area contributed by atoms with Crippen molar-refractivity contribution in [2.75, 3.05) is 7.05 Å². The molecule has 3 aliphatic carbocycles. The molecule has 5 unspecified atom stereocenters. The second-order valence-electron chi connectivity index (χ2n) is 5.12. The van der Waals surface area contributed by atoms with Gasteiger partial charge in [-0.3, -0.25) is 0 Å². The Labute approximate surface area is 80.6 Å². The number of hydrogen-bond donors (Lipinski definition) is 1.